The first-order valence-electron chi connectivity index (χ1n) is 5.06. The van der Waals surface area contributed by atoms with E-state index in [2.05, 4.69) is 22.0 Å². The molecule has 0 aliphatic heterocycles. The third kappa shape index (κ3) is 1.88. The van der Waals surface area contributed by atoms with Gasteiger partial charge in [-0.25, -0.2) is 9.67 Å². The van der Waals surface area contributed by atoms with Crippen molar-refractivity contribution in [2.45, 2.75) is 27.2 Å². The second-order valence-electron chi connectivity index (χ2n) is 3.48. The summed E-state index contributed by atoms with van der Waals surface area (Å²) in [5.41, 5.74) is 2.05. The minimum atomic E-state index is 0.784. The molecule has 0 bridgehead atoms. The van der Waals surface area contributed by atoms with Gasteiger partial charge in [0.25, 0.3) is 0 Å². The number of aryl methyl sites for hydroxylation is 3. The molecule has 0 fully saturated rings. The van der Waals surface area contributed by atoms with Crippen LogP contribution in [0.3, 0.4) is 0 Å². The van der Waals surface area contributed by atoms with Gasteiger partial charge in [0.15, 0.2) is 0 Å². The SMILES string of the molecule is CCc1ccc(-n2nc(C)nc2C)cn1. The zero-order valence-electron chi connectivity index (χ0n) is 9.23. The highest BCUT2D eigenvalue weighted by Gasteiger charge is 2.04. The molecule has 2 aromatic rings. The van der Waals surface area contributed by atoms with E-state index in [0.717, 1.165) is 29.5 Å². The maximum absolute atomic E-state index is 4.34. The van der Waals surface area contributed by atoms with E-state index >= 15 is 0 Å². The Bertz CT molecular complexity index is 456. The molecule has 0 aliphatic carbocycles. The van der Waals surface area contributed by atoms with Crippen LogP contribution in [0.2, 0.25) is 0 Å². The van der Waals surface area contributed by atoms with E-state index in [4.69, 9.17) is 0 Å². The van der Waals surface area contributed by atoms with E-state index in [1.807, 2.05) is 36.9 Å². The molecule has 2 rings (SSSR count). The minimum absolute atomic E-state index is 0.784. The van der Waals surface area contributed by atoms with Gasteiger partial charge in [-0.05, 0) is 32.4 Å². The molecule has 2 heterocycles. The Hall–Kier alpha value is -1.71. The average Bonchev–Trinajstić information content (AvgIpc) is 2.58. The Morgan fingerprint density at radius 3 is 2.53 bits per heavy atom. The molecule has 0 aromatic carbocycles. The van der Waals surface area contributed by atoms with Gasteiger partial charge in [0, 0.05) is 5.69 Å². The molecule has 0 radical (unpaired) electrons. The topological polar surface area (TPSA) is 43.6 Å². The van der Waals surface area contributed by atoms with Gasteiger partial charge in [-0.2, -0.15) is 5.10 Å². The van der Waals surface area contributed by atoms with Crippen LogP contribution >= 0.6 is 0 Å². The molecule has 0 amide bonds. The fourth-order valence-corrected chi connectivity index (χ4v) is 1.52. The highest BCUT2D eigenvalue weighted by atomic mass is 15.3. The first kappa shape index (κ1) is 9.83. The van der Waals surface area contributed by atoms with Crippen LogP contribution in [0.25, 0.3) is 5.69 Å². The summed E-state index contributed by atoms with van der Waals surface area (Å²) in [6, 6.07) is 4.04. The van der Waals surface area contributed by atoms with E-state index in [1.54, 1.807) is 0 Å². The van der Waals surface area contributed by atoms with Crippen molar-refractivity contribution >= 4 is 0 Å². The maximum atomic E-state index is 4.34. The van der Waals surface area contributed by atoms with Crippen molar-refractivity contribution < 1.29 is 0 Å². The number of rotatable bonds is 2. The maximum Gasteiger partial charge on any atom is 0.148 e. The number of hydrogen-bond donors (Lipinski definition) is 0. The number of pyridine rings is 1. The van der Waals surface area contributed by atoms with Crippen LogP contribution in [-0.4, -0.2) is 19.7 Å². The van der Waals surface area contributed by atoms with Crippen molar-refractivity contribution in [2.24, 2.45) is 0 Å². The Labute approximate surface area is 89.0 Å². The molecular formula is C11H14N4. The van der Waals surface area contributed by atoms with Gasteiger partial charge in [-0.15, -0.1) is 0 Å². The van der Waals surface area contributed by atoms with Crippen molar-refractivity contribution in [2.75, 3.05) is 0 Å². The summed E-state index contributed by atoms with van der Waals surface area (Å²) >= 11 is 0. The molecule has 0 atom stereocenters. The molecule has 4 nitrogen and oxygen atoms in total. The molecule has 2 aromatic heterocycles. The van der Waals surface area contributed by atoms with Crippen molar-refractivity contribution in [3.8, 4) is 5.69 Å². The zero-order valence-corrected chi connectivity index (χ0v) is 9.23. The highest BCUT2D eigenvalue weighted by molar-refractivity contribution is 5.29. The van der Waals surface area contributed by atoms with Gasteiger partial charge in [0.1, 0.15) is 11.6 Å². The fraction of sp³-hybridized carbons (Fsp3) is 0.364. The van der Waals surface area contributed by atoms with E-state index in [1.165, 1.54) is 0 Å². The number of hydrogen-bond acceptors (Lipinski definition) is 3. The van der Waals surface area contributed by atoms with E-state index in [-0.39, 0.29) is 0 Å². The molecule has 0 aliphatic rings. The summed E-state index contributed by atoms with van der Waals surface area (Å²) in [6.07, 6.45) is 2.79. The summed E-state index contributed by atoms with van der Waals surface area (Å²) in [5.74, 6) is 1.67. The summed E-state index contributed by atoms with van der Waals surface area (Å²) in [4.78, 5) is 8.59. The van der Waals surface area contributed by atoms with E-state index < -0.39 is 0 Å². The molecule has 0 spiro atoms. The second-order valence-corrected chi connectivity index (χ2v) is 3.48. The van der Waals surface area contributed by atoms with Crippen molar-refractivity contribution in [3.63, 3.8) is 0 Å². The van der Waals surface area contributed by atoms with Crippen LogP contribution in [-0.2, 0) is 6.42 Å². The second kappa shape index (κ2) is 3.81. The van der Waals surface area contributed by atoms with Crippen LogP contribution in [0.1, 0.15) is 24.3 Å². The lowest BCUT2D eigenvalue weighted by Crippen LogP contribution is -2.00. The van der Waals surface area contributed by atoms with Crippen LogP contribution in [0.15, 0.2) is 18.3 Å². The van der Waals surface area contributed by atoms with Gasteiger partial charge in [0.05, 0.1) is 11.9 Å². The molecule has 15 heavy (non-hydrogen) atoms. The highest BCUT2D eigenvalue weighted by Crippen LogP contribution is 2.08. The minimum Gasteiger partial charge on any atom is -0.259 e. The Balaban J connectivity index is 2.41. The quantitative estimate of drug-likeness (QED) is 0.746. The summed E-state index contributed by atoms with van der Waals surface area (Å²) < 4.78 is 1.81. The van der Waals surface area contributed by atoms with Crippen LogP contribution in [0, 0.1) is 13.8 Å². The lowest BCUT2D eigenvalue weighted by Gasteiger charge is -2.02. The predicted molar refractivity (Wildman–Crippen MR) is 58.0 cm³/mol. The average molecular weight is 202 g/mol. The van der Waals surface area contributed by atoms with E-state index in [0.29, 0.717) is 0 Å². The van der Waals surface area contributed by atoms with Gasteiger partial charge in [-0.1, -0.05) is 6.92 Å². The van der Waals surface area contributed by atoms with Gasteiger partial charge < -0.3 is 0 Å². The zero-order chi connectivity index (χ0) is 10.8. The molecule has 0 saturated heterocycles. The third-order valence-corrected chi connectivity index (χ3v) is 2.29. The molecule has 0 unspecified atom stereocenters. The Morgan fingerprint density at radius 1 is 1.27 bits per heavy atom. The number of nitrogens with zero attached hydrogens (tertiary/aromatic N) is 4. The predicted octanol–water partition coefficient (Wildman–Crippen LogP) is 1.84. The molecule has 0 saturated carbocycles. The van der Waals surface area contributed by atoms with Crippen molar-refractivity contribution in [1.82, 2.24) is 19.7 Å². The monoisotopic (exact) mass is 202 g/mol. The molecule has 78 valence electrons. The molecule has 4 heteroatoms. The summed E-state index contributed by atoms with van der Waals surface area (Å²) in [5, 5.41) is 4.30. The first-order chi connectivity index (χ1) is 7.20. The van der Waals surface area contributed by atoms with Crippen LogP contribution in [0.4, 0.5) is 0 Å². The molecular weight excluding hydrogens is 188 g/mol. The van der Waals surface area contributed by atoms with Gasteiger partial charge >= 0.3 is 0 Å². The van der Waals surface area contributed by atoms with Gasteiger partial charge in [-0.3, -0.25) is 4.98 Å². The lowest BCUT2D eigenvalue weighted by atomic mass is 10.3. The smallest absolute Gasteiger partial charge is 0.148 e. The summed E-state index contributed by atoms with van der Waals surface area (Å²) in [6.45, 7) is 5.91. The lowest BCUT2D eigenvalue weighted by molar-refractivity contribution is 0.822. The Morgan fingerprint density at radius 2 is 2.07 bits per heavy atom. The largest absolute Gasteiger partial charge is 0.259 e. The van der Waals surface area contributed by atoms with Crippen LogP contribution in [0.5, 0.6) is 0 Å². The van der Waals surface area contributed by atoms with Gasteiger partial charge in [0.2, 0.25) is 0 Å². The van der Waals surface area contributed by atoms with Crippen LogP contribution < -0.4 is 0 Å². The molecule has 0 N–H and O–H groups in total. The fourth-order valence-electron chi connectivity index (χ4n) is 1.52. The van der Waals surface area contributed by atoms with Crippen molar-refractivity contribution in [1.29, 1.82) is 0 Å². The number of aromatic nitrogens is 4. The van der Waals surface area contributed by atoms with Crippen molar-refractivity contribution in [3.05, 3.63) is 35.7 Å². The summed E-state index contributed by atoms with van der Waals surface area (Å²) in [7, 11) is 0. The standard InChI is InChI=1S/C11H14N4/c1-4-10-5-6-11(7-12-10)15-9(3)13-8(2)14-15/h5-7H,4H2,1-3H3. The third-order valence-electron chi connectivity index (χ3n) is 2.29. The Kier molecular flexibility index (Phi) is 2.49. The first-order valence-corrected chi connectivity index (χ1v) is 5.06. The van der Waals surface area contributed by atoms with E-state index in [9.17, 15) is 0 Å². The normalized spacial score (nSPS) is 10.6.